The van der Waals surface area contributed by atoms with Crippen molar-refractivity contribution in [1.29, 1.82) is 0 Å². The maximum Gasteiger partial charge on any atom is 0.267 e. The van der Waals surface area contributed by atoms with Crippen LogP contribution in [0.5, 0.6) is 0 Å². The Balaban J connectivity index is 3.75. The molecule has 0 aliphatic heterocycles. The smallest absolute Gasteiger partial charge is 0.267 e. The van der Waals surface area contributed by atoms with Gasteiger partial charge in [0.2, 0.25) is 0 Å². The molecule has 0 aromatic rings. The molecule has 4 nitrogen and oxygen atoms in total. The van der Waals surface area contributed by atoms with Crippen molar-refractivity contribution in [3.63, 3.8) is 0 Å². The Bertz CT molecular complexity index is 327. The lowest BCUT2D eigenvalue weighted by molar-refractivity contribution is 0.147. The zero-order chi connectivity index (χ0) is 16.1. The average molecular weight is 323 g/mol. The summed E-state index contributed by atoms with van der Waals surface area (Å²) in [5, 5.41) is 9.19. The van der Waals surface area contributed by atoms with E-state index in [1.165, 1.54) is 12.8 Å². The van der Waals surface area contributed by atoms with Gasteiger partial charge in [-0.1, -0.05) is 65.2 Å². The van der Waals surface area contributed by atoms with E-state index >= 15 is 0 Å². The molecular formula is C16H34O4S. The highest BCUT2D eigenvalue weighted by Crippen LogP contribution is 2.18. The second-order valence-corrected chi connectivity index (χ2v) is 7.76. The van der Waals surface area contributed by atoms with Crippen LogP contribution >= 0.6 is 0 Å². The molecule has 0 aromatic carbocycles. The van der Waals surface area contributed by atoms with Crippen LogP contribution in [-0.2, 0) is 10.1 Å². The van der Waals surface area contributed by atoms with Gasteiger partial charge in [0.15, 0.2) is 0 Å². The van der Waals surface area contributed by atoms with Crippen LogP contribution in [0.15, 0.2) is 0 Å². The minimum absolute atomic E-state index is 0.214. The molecule has 0 rings (SSSR count). The van der Waals surface area contributed by atoms with Gasteiger partial charge in [-0.15, -0.1) is 0 Å². The van der Waals surface area contributed by atoms with Crippen LogP contribution in [0.1, 0.15) is 90.9 Å². The van der Waals surface area contributed by atoms with E-state index in [9.17, 15) is 18.1 Å². The third kappa shape index (κ3) is 12.1. The van der Waals surface area contributed by atoms with Crippen LogP contribution < -0.4 is 0 Å². The highest BCUT2D eigenvalue weighted by Gasteiger charge is 2.21. The molecule has 0 heterocycles. The van der Waals surface area contributed by atoms with Gasteiger partial charge < -0.3 is 5.11 Å². The molecule has 0 bridgehead atoms. The van der Waals surface area contributed by atoms with Gasteiger partial charge in [-0.25, -0.2) is 0 Å². The molecule has 0 radical (unpaired) electrons. The maximum absolute atomic E-state index is 11.3. The molecule has 2 unspecified atom stereocenters. The molecule has 0 aliphatic rings. The highest BCUT2D eigenvalue weighted by molar-refractivity contribution is 7.86. The fourth-order valence-electron chi connectivity index (χ4n) is 2.58. The number of hydrogen-bond donors (Lipinski definition) is 2. The summed E-state index contributed by atoms with van der Waals surface area (Å²) in [7, 11) is -3.90. The lowest BCUT2D eigenvalue weighted by Gasteiger charge is -2.14. The third-order valence-corrected chi connectivity index (χ3v) is 5.32. The van der Waals surface area contributed by atoms with Gasteiger partial charge in [0, 0.05) is 0 Å². The molecule has 2 N–H and O–H groups in total. The summed E-state index contributed by atoms with van der Waals surface area (Å²) in [6.45, 7) is 4.16. The van der Waals surface area contributed by atoms with Crippen molar-refractivity contribution in [2.75, 3.05) is 0 Å². The first-order valence-electron chi connectivity index (χ1n) is 8.56. The van der Waals surface area contributed by atoms with E-state index in [1.807, 2.05) is 6.92 Å². The molecule has 2 atom stereocenters. The predicted octanol–water partition coefficient (Wildman–Crippen LogP) is 4.32. The second kappa shape index (κ2) is 12.4. The molecule has 5 heteroatoms. The van der Waals surface area contributed by atoms with Crippen LogP contribution in [0.25, 0.3) is 0 Å². The van der Waals surface area contributed by atoms with Crippen molar-refractivity contribution >= 4 is 10.1 Å². The van der Waals surface area contributed by atoms with Crippen LogP contribution in [0.4, 0.5) is 0 Å². The summed E-state index contributed by atoms with van der Waals surface area (Å²) < 4.78 is 31.7. The van der Waals surface area contributed by atoms with Crippen LogP contribution in [0, 0.1) is 0 Å². The molecule has 0 aromatic heterocycles. The Labute approximate surface area is 131 Å². The van der Waals surface area contributed by atoms with E-state index in [-0.39, 0.29) is 6.10 Å². The SMILES string of the molecule is CCCCCC(O)CCCCCC(CCCC)S(=O)(=O)O. The zero-order valence-corrected chi connectivity index (χ0v) is 14.6. The number of unbranched alkanes of at least 4 members (excludes halogenated alkanes) is 5. The molecule has 0 amide bonds. The van der Waals surface area contributed by atoms with Crippen LogP contribution in [0.2, 0.25) is 0 Å². The van der Waals surface area contributed by atoms with Gasteiger partial charge in [-0.05, 0) is 25.7 Å². The molecule has 0 saturated carbocycles. The van der Waals surface area contributed by atoms with Gasteiger partial charge in [0.1, 0.15) is 0 Å². The Kier molecular flexibility index (Phi) is 12.3. The fourth-order valence-corrected chi connectivity index (χ4v) is 3.51. The minimum Gasteiger partial charge on any atom is -0.393 e. The number of aliphatic hydroxyl groups is 1. The van der Waals surface area contributed by atoms with Crippen LogP contribution in [-0.4, -0.2) is 29.4 Å². The molecule has 0 saturated heterocycles. The molecular weight excluding hydrogens is 288 g/mol. The maximum atomic E-state index is 11.3. The van der Waals surface area contributed by atoms with E-state index < -0.39 is 15.4 Å². The Morgan fingerprint density at radius 3 is 1.76 bits per heavy atom. The van der Waals surface area contributed by atoms with Crippen molar-refractivity contribution < 1.29 is 18.1 Å². The quantitative estimate of drug-likeness (QED) is 0.369. The van der Waals surface area contributed by atoms with Crippen molar-refractivity contribution in [3.05, 3.63) is 0 Å². The first kappa shape index (κ1) is 20.9. The summed E-state index contributed by atoms with van der Waals surface area (Å²) in [4.78, 5) is 0. The predicted molar refractivity (Wildman–Crippen MR) is 88.1 cm³/mol. The highest BCUT2D eigenvalue weighted by atomic mass is 32.2. The molecule has 0 fully saturated rings. The van der Waals surface area contributed by atoms with Gasteiger partial charge in [0.05, 0.1) is 11.4 Å². The summed E-state index contributed by atoms with van der Waals surface area (Å²) in [6, 6.07) is 0. The van der Waals surface area contributed by atoms with Crippen molar-refractivity contribution in [1.82, 2.24) is 0 Å². The third-order valence-electron chi connectivity index (χ3n) is 4.01. The summed E-state index contributed by atoms with van der Waals surface area (Å²) in [5.74, 6) is 0. The molecule has 0 spiro atoms. The fraction of sp³-hybridized carbons (Fsp3) is 1.00. The van der Waals surface area contributed by atoms with Crippen molar-refractivity contribution in [3.8, 4) is 0 Å². The second-order valence-electron chi connectivity index (χ2n) is 6.07. The largest absolute Gasteiger partial charge is 0.393 e. The standard InChI is InChI=1S/C16H34O4S/c1-3-5-8-11-15(17)12-9-7-10-14-16(13-6-4-2)21(18,19)20/h15-17H,3-14H2,1-2H3,(H,18,19,20). The number of hydrogen-bond acceptors (Lipinski definition) is 3. The Hall–Kier alpha value is -0.130. The van der Waals surface area contributed by atoms with Crippen molar-refractivity contribution in [2.45, 2.75) is 102 Å². The van der Waals surface area contributed by atoms with Gasteiger partial charge in [-0.3, -0.25) is 4.55 Å². The Morgan fingerprint density at radius 1 is 0.762 bits per heavy atom. The summed E-state index contributed by atoms with van der Waals surface area (Å²) in [6.07, 6.45) is 10.4. The molecule has 0 aliphatic carbocycles. The average Bonchev–Trinajstić information content (AvgIpc) is 2.40. The minimum atomic E-state index is -3.90. The normalized spacial score (nSPS) is 15.0. The van der Waals surface area contributed by atoms with E-state index in [0.29, 0.717) is 12.8 Å². The summed E-state index contributed by atoms with van der Waals surface area (Å²) >= 11 is 0. The van der Waals surface area contributed by atoms with Gasteiger partial charge >= 0.3 is 0 Å². The number of aliphatic hydroxyl groups excluding tert-OH is 1. The van der Waals surface area contributed by atoms with E-state index in [1.54, 1.807) is 0 Å². The molecule has 21 heavy (non-hydrogen) atoms. The monoisotopic (exact) mass is 322 g/mol. The van der Waals surface area contributed by atoms with Crippen molar-refractivity contribution in [2.24, 2.45) is 0 Å². The zero-order valence-electron chi connectivity index (χ0n) is 13.8. The number of rotatable bonds is 14. The van der Waals surface area contributed by atoms with Gasteiger partial charge in [0.25, 0.3) is 10.1 Å². The summed E-state index contributed by atoms with van der Waals surface area (Å²) in [5.41, 5.74) is 0. The lowest BCUT2D eigenvalue weighted by Crippen LogP contribution is -2.20. The Morgan fingerprint density at radius 2 is 1.24 bits per heavy atom. The van der Waals surface area contributed by atoms with E-state index in [0.717, 1.165) is 51.4 Å². The molecule has 128 valence electrons. The van der Waals surface area contributed by atoms with Gasteiger partial charge in [-0.2, -0.15) is 8.42 Å². The topological polar surface area (TPSA) is 74.6 Å². The van der Waals surface area contributed by atoms with E-state index in [4.69, 9.17) is 0 Å². The van der Waals surface area contributed by atoms with E-state index in [2.05, 4.69) is 6.92 Å². The first-order valence-corrected chi connectivity index (χ1v) is 10.1. The van der Waals surface area contributed by atoms with Crippen LogP contribution in [0.3, 0.4) is 0 Å². The lowest BCUT2D eigenvalue weighted by atomic mass is 10.0. The first-order chi connectivity index (χ1) is 9.91.